The molecule has 2 rings (SSSR count). The smallest absolute Gasteiger partial charge is 0.248 e. The van der Waals surface area contributed by atoms with Crippen molar-refractivity contribution in [2.45, 2.75) is 77.6 Å². The van der Waals surface area contributed by atoms with E-state index in [-0.39, 0.29) is 5.90 Å². The zero-order valence-corrected chi connectivity index (χ0v) is 18.3. The van der Waals surface area contributed by atoms with Crippen molar-refractivity contribution in [3.05, 3.63) is 65.2 Å². The highest BCUT2D eigenvalue weighted by atomic mass is 16.5. The summed E-state index contributed by atoms with van der Waals surface area (Å²) in [4.78, 5) is 11.1. The van der Waals surface area contributed by atoms with Gasteiger partial charge in [0.1, 0.15) is 5.75 Å². The van der Waals surface area contributed by atoms with Crippen LogP contribution in [0, 0.1) is 5.41 Å². The van der Waals surface area contributed by atoms with E-state index in [0.29, 0.717) is 16.9 Å². The molecule has 3 N–H and O–H groups in total. The van der Waals surface area contributed by atoms with Gasteiger partial charge in [0.2, 0.25) is 11.8 Å². The second kappa shape index (κ2) is 13.6. The monoisotopic (exact) mass is 408 g/mol. The molecule has 2 aromatic rings. The summed E-state index contributed by atoms with van der Waals surface area (Å²) < 4.78 is 5.63. The fourth-order valence-corrected chi connectivity index (χ4v) is 3.50. The lowest BCUT2D eigenvalue weighted by molar-refractivity contribution is 0.100. The van der Waals surface area contributed by atoms with Gasteiger partial charge in [-0.3, -0.25) is 10.2 Å². The van der Waals surface area contributed by atoms with E-state index >= 15 is 0 Å². The van der Waals surface area contributed by atoms with E-state index in [1.165, 1.54) is 69.8 Å². The molecule has 0 spiro atoms. The Morgan fingerprint density at radius 2 is 1.27 bits per heavy atom. The number of nitrogens with one attached hydrogen (secondary N) is 1. The van der Waals surface area contributed by atoms with Crippen LogP contribution in [-0.2, 0) is 6.42 Å². The quantitative estimate of drug-likeness (QED) is 0.208. The Labute approximate surface area is 181 Å². The lowest BCUT2D eigenvalue weighted by Crippen LogP contribution is -2.12. The predicted octanol–water partition coefficient (Wildman–Crippen LogP) is 6.65. The third-order valence-electron chi connectivity index (χ3n) is 5.39. The SMILES string of the molecule is CCCCCCCCCCCCc1ccc(OC(=N)c2ccc(C(N)=O)cc2)cc1. The lowest BCUT2D eigenvalue weighted by Gasteiger charge is -2.08. The average molecular weight is 409 g/mol. The van der Waals surface area contributed by atoms with E-state index in [2.05, 4.69) is 19.1 Å². The van der Waals surface area contributed by atoms with Crippen molar-refractivity contribution in [3.63, 3.8) is 0 Å². The first kappa shape index (κ1) is 23.7. The van der Waals surface area contributed by atoms with Crippen LogP contribution in [0.5, 0.6) is 5.75 Å². The average Bonchev–Trinajstić information content (AvgIpc) is 2.76. The van der Waals surface area contributed by atoms with Crippen LogP contribution in [0.15, 0.2) is 48.5 Å². The van der Waals surface area contributed by atoms with Crippen molar-refractivity contribution < 1.29 is 9.53 Å². The van der Waals surface area contributed by atoms with Gasteiger partial charge in [-0.25, -0.2) is 0 Å². The molecule has 2 aromatic carbocycles. The summed E-state index contributed by atoms with van der Waals surface area (Å²) >= 11 is 0. The summed E-state index contributed by atoms with van der Waals surface area (Å²) in [7, 11) is 0. The maximum atomic E-state index is 11.1. The first-order chi connectivity index (χ1) is 14.6. The van der Waals surface area contributed by atoms with Crippen LogP contribution < -0.4 is 10.5 Å². The second-order valence-corrected chi connectivity index (χ2v) is 7.95. The molecule has 1 amide bonds. The molecule has 30 heavy (non-hydrogen) atoms. The third-order valence-corrected chi connectivity index (χ3v) is 5.39. The Morgan fingerprint density at radius 3 is 1.80 bits per heavy atom. The van der Waals surface area contributed by atoms with Crippen LogP contribution in [0.3, 0.4) is 0 Å². The molecule has 0 unspecified atom stereocenters. The Kier molecular flexibility index (Phi) is 10.7. The van der Waals surface area contributed by atoms with Gasteiger partial charge in [-0.1, -0.05) is 76.8 Å². The summed E-state index contributed by atoms with van der Waals surface area (Å²) in [5.74, 6) is 0.214. The van der Waals surface area contributed by atoms with E-state index < -0.39 is 5.91 Å². The van der Waals surface area contributed by atoms with Gasteiger partial charge >= 0.3 is 0 Å². The fourth-order valence-electron chi connectivity index (χ4n) is 3.50. The number of benzene rings is 2. The number of primary amides is 1. The van der Waals surface area contributed by atoms with Crippen molar-refractivity contribution in [3.8, 4) is 5.75 Å². The number of carbonyl (C=O) groups is 1. The van der Waals surface area contributed by atoms with Crippen LogP contribution in [0.25, 0.3) is 0 Å². The molecular weight excluding hydrogens is 372 g/mol. The van der Waals surface area contributed by atoms with Gasteiger partial charge in [0.05, 0.1) is 0 Å². The normalized spacial score (nSPS) is 10.7. The van der Waals surface area contributed by atoms with E-state index in [1.807, 2.05) is 12.1 Å². The van der Waals surface area contributed by atoms with E-state index in [1.54, 1.807) is 24.3 Å². The summed E-state index contributed by atoms with van der Waals surface area (Å²) in [6, 6.07) is 14.5. The molecular formula is C26H36N2O2. The van der Waals surface area contributed by atoms with Crippen LogP contribution >= 0.6 is 0 Å². The standard InChI is InChI=1S/C26H36N2O2/c1-2-3-4-5-6-7-8-9-10-11-12-21-13-19-24(20-14-21)30-26(28)23-17-15-22(16-18-23)25(27)29/h13-20,28H,2-12H2,1H3,(H2,27,29). The summed E-state index contributed by atoms with van der Waals surface area (Å²) in [5.41, 5.74) is 7.57. The number of aryl methyl sites for hydroxylation is 1. The first-order valence-electron chi connectivity index (χ1n) is 11.4. The number of unbranched alkanes of at least 4 members (excludes halogenated alkanes) is 9. The van der Waals surface area contributed by atoms with Crippen LogP contribution in [0.1, 0.15) is 92.6 Å². The molecule has 4 nitrogen and oxygen atoms in total. The highest BCUT2D eigenvalue weighted by Crippen LogP contribution is 2.17. The molecule has 0 atom stereocenters. The van der Waals surface area contributed by atoms with Gasteiger partial charge in [0, 0.05) is 11.1 Å². The molecule has 0 fully saturated rings. The highest BCUT2D eigenvalue weighted by Gasteiger charge is 2.06. The molecule has 4 heteroatoms. The van der Waals surface area contributed by atoms with Crippen LogP contribution in [0.2, 0.25) is 0 Å². The number of rotatable bonds is 14. The maximum absolute atomic E-state index is 11.1. The molecule has 0 saturated heterocycles. The Morgan fingerprint density at radius 1 is 0.767 bits per heavy atom. The third kappa shape index (κ3) is 8.81. The predicted molar refractivity (Wildman–Crippen MR) is 124 cm³/mol. The molecule has 0 aliphatic heterocycles. The van der Waals surface area contributed by atoms with Crippen molar-refractivity contribution >= 4 is 11.8 Å². The summed E-state index contributed by atoms with van der Waals surface area (Å²) in [5, 5.41) is 8.10. The largest absolute Gasteiger partial charge is 0.439 e. The number of hydrogen-bond donors (Lipinski definition) is 2. The molecule has 0 saturated carbocycles. The molecule has 0 aliphatic carbocycles. The number of nitrogens with two attached hydrogens (primary N) is 1. The topological polar surface area (TPSA) is 76.2 Å². The van der Waals surface area contributed by atoms with Crippen molar-refractivity contribution in [2.24, 2.45) is 5.73 Å². The molecule has 162 valence electrons. The van der Waals surface area contributed by atoms with Gasteiger partial charge in [0.15, 0.2) is 0 Å². The highest BCUT2D eigenvalue weighted by molar-refractivity contribution is 5.96. The number of amides is 1. The van der Waals surface area contributed by atoms with E-state index in [9.17, 15) is 4.79 Å². The molecule has 0 aliphatic rings. The van der Waals surface area contributed by atoms with E-state index in [0.717, 1.165) is 6.42 Å². The van der Waals surface area contributed by atoms with Gasteiger partial charge in [-0.15, -0.1) is 0 Å². The van der Waals surface area contributed by atoms with Gasteiger partial charge < -0.3 is 10.5 Å². The van der Waals surface area contributed by atoms with Crippen LogP contribution in [-0.4, -0.2) is 11.8 Å². The zero-order valence-electron chi connectivity index (χ0n) is 18.3. The Hall–Kier alpha value is -2.62. The minimum Gasteiger partial charge on any atom is -0.439 e. The van der Waals surface area contributed by atoms with Crippen molar-refractivity contribution in [2.75, 3.05) is 0 Å². The Bertz CT molecular complexity index is 767. The lowest BCUT2D eigenvalue weighted by atomic mass is 10.0. The summed E-state index contributed by atoms with van der Waals surface area (Å²) in [6.45, 7) is 2.26. The molecule has 0 bridgehead atoms. The number of ether oxygens (including phenoxy) is 1. The molecule has 0 radical (unpaired) electrons. The Balaban J connectivity index is 1.63. The zero-order chi connectivity index (χ0) is 21.6. The second-order valence-electron chi connectivity index (χ2n) is 7.95. The summed E-state index contributed by atoms with van der Waals surface area (Å²) in [6.07, 6.45) is 14.6. The minimum absolute atomic E-state index is 0.0495. The fraction of sp³-hybridized carbons (Fsp3) is 0.462. The van der Waals surface area contributed by atoms with Crippen LogP contribution in [0.4, 0.5) is 0 Å². The van der Waals surface area contributed by atoms with Crippen molar-refractivity contribution in [1.29, 1.82) is 5.41 Å². The maximum Gasteiger partial charge on any atom is 0.248 e. The minimum atomic E-state index is -0.480. The van der Waals surface area contributed by atoms with Crippen molar-refractivity contribution in [1.82, 2.24) is 0 Å². The van der Waals surface area contributed by atoms with Gasteiger partial charge in [-0.05, 0) is 54.8 Å². The molecule has 0 aromatic heterocycles. The van der Waals surface area contributed by atoms with Gasteiger partial charge in [0.25, 0.3) is 0 Å². The van der Waals surface area contributed by atoms with E-state index in [4.69, 9.17) is 15.9 Å². The first-order valence-corrected chi connectivity index (χ1v) is 11.4. The van der Waals surface area contributed by atoms with Gasteiger partial charge in [-0.2, -0.15) is 0 Å². The number of hydrogen-bond acceptors (Lipinski definition) is 3. The number of carbonyl (C=O) groups excluding carboxylic acids is 1. The molecule has 0 heterocycles.